The van der Waals surface area contributed by atoms with Crippen LogP contribution >= 0.6 is 0 Å². The number of ether oxygens (including phenoxy) is 1. The van der Waals surface area contributed by atoms with Gasteiger partial charge in [-0.1, -0.05) is 5.16 Å². The molecule has 1 unspecified atom stereocenters. The lowest BCUT2D eigenvalue weighted by molar-refractivity contribution is -0.126. The van der Waals surface area contributed by atoms with Crippen LogP contribution in [0.3, 0.4) is 0 Å². The Hall–Kier alpha value is -2.19. The predicted octanol–water partition coefficient (Wildman–Crippen LogP) is 0.807. The van der Waals surface area contributed by atoms with Crippen molar-refractivity contribution in [1.82, 2.24) is 25.2 Å². The van der Waals surface area contributed by atoms with Crippen LogP contribution in [0.1, 0.15) is 28.8 Å². The summed E-state index contributed by atoms with van der Waals surface area (Å²) in [6.45, 7) is 6.88. The van der Waals surface area contributed by atoms with Crippen LogP contribution in [0.15, 0.2) is 16.8 Å². The van der Waals surface area contributed by atoms with Gasteiger partial charge in [-0.2, -0.15) is 5.10 Å². The molecule has 0 saturated heterocycles. The van der Waals surface area contributed by atoms with Crippen molar-refractivity contribution >= 4 is 5.91 Å². The molecule has 3 heterocycles. The molecule has 3 rings (SSSR count). The van der Waals surface area contributed by atoms with Crippen LogP contribution in [0.4, 0.5) is 0 Å². The molecular weight excluding hydrogens is 310 g/mol. The van der Waals surface area contributed by atoms with Crippen LogP contribution in [-0.4, -0.2) is 52.6 Å². The molecule has 1 aliphatic heterocycles. The van der Waals surface area contributed by atoms with Gasteiger partial charge >= 0.3 is 0 Å². The van der Waals surface area contributed by atoms with Gasteiger partial charge in [-0.25, -0.2) is 0 Å². The third kappa shape index (κ3) is 3.34. The molecule has 1 aliphatic rings. The first-order chi connectivity index (χ1) is 11.6. The second-order valence-electron chi connectivity index (χ2n) is 6.04. The van der Waals surface area contributed by atoms with Gasteiger partial charge < -0.3 is 14.6 Å². The highest BCUT2D eigenvalue weighted by atomic mass is 16.5. The van der Waals surface area contributed by atoms with E-state index in [9.17, 15) is 4.79 Å². The fourth-order valence-corrected chi connectivity index (χ4v) is 3.02. The van der Waals surface area contributed by atoms with Gasteiger partial charge in [-0.15, -0.1) is 0 Å². The van der Waals surface area contributed by atoms with Gasteiger partial charge in [0.15, 0.2) is 0 Å². The lowest BCUT2D eigenvalue weighted by atomic mass is 10.1. The van der Waals surface area contributed by atoms with E-state index in [0.29, 0.717) is 26.2 Å². The second-order valence-corrected chi connectivity index (χ2v) is 6.04. The molecular formula is C16H23N5O3. The fraction of sp³-hybridized carbons (Fsp3) is 0.562. The van der Waals surface area contributed by atoms with E-state index >= 15 is 0 Å². The maximum atomic E-state index is 12.5. The summed E-state index contributed by atoms with van der Waals surface area (Å²) >= 11 is 0. The highest BCUT2D eigenvalue weighted by Crippen LogP contribution is 2.24. The van der Waals surface area contributed by atoms with Crippen LogP contribution in [0.5, 0.6) is 0 Å². The summed E-state index contributed by atoms with van der Waals surface area (Å²) in [5.41, 5.74) is 3.01. The average Bonchev–Trinajstić information content (AvgIpc) is 3.16. The van der Waals surface area contributed by atoms with Crippen molar-refractivity contribution in [1.29, 1.82) is 0 Å². The second kappa shape index (κ2) is 7.14. The lowest BCUT2D eigenvalue weighted by Crippen LogP contribution is -2.45. The summed E-state index contributed by atoms with van der Waals surface area (Å²) in [5.74, 6) is 0.785. The van der Waals surface area contributed by atoms with Crippen LogP contribution in [-0.2, 0) is 22.6 Å². The van der Waals surface area contributed by atoms with Crippen molar-refractivity contribution in [2.75, 3.05) is 26.8 Å². The number of nitrogens with one attached hydrogen (secondary N) is 1. The summed E-state index contributed by atoms with van der Waals surface area (Å²) in [5, 5.41) is 11.2. The topological polar surface area (TPSA) is 85.4 Å². The number of amides is 1. The molecule has 2 aromatic heterocycles. The smallest absolute Gasteiger partial charge is 0.246 e. The summed E-state index contributed by atoms with van der Waals surface area (Å²) in [6, 6.07) is 1.61. The number of hydrogen-bond acceptors (Lipinski definition) is 6. The minimum atomic E-state index is -0.346. The van der Waals surface area contributed by atoms with Crippen molar-refractivity contribution in [2.45, 2.75) is 33.0 Å². The normalized spacial score (nSPS) is 17.7. The van der Waals surface area contributed by atoms with Gasteiger partial charge in [0.05, 0.1) is 18.0 Å². The van der Waals surface area contributed by atoms with E-state index in [4.69, 9.17) is 9.26 Å². The van der Waals surface area contributed by atoms with Crippen molar-refractivity contribution in [3.8, 4) is 0 Å². The molecule has 8 nitrogen and oxygen atoms in total. The van der Waals surface area contributed by atoms with E-state index < -0.39 is 0 Å². The molecule has 1 N–H and O–H groups in total. The Labute approximate surface area is 140 Å². The number of rotatable bonds is 6. The zero-order chi connectivity index (χ0) is 17.1. The zero-order valence-electron chi connectivity index (χ0n) is 14.3. The van der Waals surface area contributed by atoms with Crippen molar-refractivity contribution in [3.63, 3.8) is 0 Å². The summed E-state index contributed by atoms with van der Waals surface area (Å²) in [7, 11) is 1.61. The fourth-order valence-electron chi connectivity index (χ4n) is 3.02. The van der Waals surface area contributed by atoms with Gasteiger partial charge in [0.1, 0.15) is 11.8 Å². The Balaban J connectivity index is 1.74. The molecule has 0 aromatic carbocycles. The predicted molar refractivity (Wildman–Crippen MR) is 86.2 cm³/mol. The molecule has 0 bridgehead atoms. The van der Waals surface area contributed by atoms with Gasteiger partial charge in [0.2, 0.25) is 5.91 Å². The summed E-state index contributed by atoms with van der Waals surface area (Å²) < 4.78 is 12.0. The average molecular weight is 333 g/mol. The van der Waals surface area contributed by atoms with Crippen LogP contribution in [0.2, 0.25) is 0 Å². The molecule has 0 radical (unpaired) electrons. The van der Waals surface area contributed by atoms with E-state index in [1.54, 1.807) is 13.3 Å². The molecule has 0 fully saturated rings. The van der Waals surface area contributed by atoms with E-state index in [1.165, 1.54) is 0 Å². The Kier molecular flexibility index (Phi) is 4.96. The van der Waals surface area contributed by atoms with Crippen LogP contribution < -0.4 is 5.32 Å². The Bertz CT molecular complexity index is 689. The quantitative estimate of drug-likeness (QED) is 0.787. The van der Waals surface area contributed by atoms with Gasteiger partial charge in [-0.3, -0.25) is 14.4 Å². The van der Waals surface area contributed by atoms with Crippen LogP contribution in [0.25, 0.3) is 0 Å². The highest BCUT2D eigenvalue weighted by molar-refractivity contribution is 5.80. The minimum absolute atomic E-state index is 0.0412. The molecule has 2 aromatic rings. The minimum Gasteiger partial charge on any atom is -0.383 e. The van der Waals surface area contributed by atoms with E-state index in [-0.39, 0.29) is 11.9 Å². The maximum Gasteiger partial charge on any atom is 0.246 e. The Morgan fingerprint density at radius 1 is 1.50 bits per heavy atom. The first-order valence-corrected chi connectivity index (χ1v) is 8.03. The monoisotopic (exact) mass is 333 g/mol. The third-order valence-corrected chi connectivity index (χ3v) is 4.34. The Morgan fingerprint density at radius 2 is 2.33 bits per heavy atom. The first-order valence-electron chi connectivity index (χ1n) is 8.03. The molecule has 1 atom stereocenters. The van der Waals surface area contributed by atoms with Crippen molar-refractivity contribution in [3.05, 3.63) is 35.0 Å². The van der Waals surface area contributed by atoms with Crippen molar-refractivity contribution in [2.24, 2.45) is 0 Å². The number of hydrogen-bond donors (Lipinski definition) is 1. The number of fused-ring (bicyclic) bond motifs is 1. The lowest BCUT2D eigenvalue weighted by Gasteiger charge is -2.33. The molecule has 24 heavy (non-hydrogen) atoms. The zero-order valence-corrected chi connectivity index (χ0v) is 14.3. The number of carbonyl (C=O) groups is 1. The largest absolute Gasteiger partial charge is 0.383 e. The number of nitrogens with zero attached hydrogens (tertiary/aromatic N) is 4. The Morgan fingerprint density at radius 3 is 3.04 bits per heavy atom. The van der Waals surface area contributed by atoms with E-state index in [2.05, 4.69) is 20.5 Å². The van der Waals surface area contributed by atoms with E-state index in [1.807, 2.05) is 24.6 Å². The summed E-state index contributed by atoms with van der Waals surface area (Å²) in [6.07, 6.45) is 1.74. The molecule has 0 spiro atoms. The molecule has 0 aliphatic carbocycles. The molecule has 8 heteroatoms. The number of methoxy groups -OCH3 is 1. The van der Waals surface area contributed by atoms with Gasteiger partial charge in [0.25, 0.3) is 0 Å². The SMILES string of the molecule is COCCNC(=O)C1CN(Cc2c(C)noc2C)Cc2ccnn21. The highest BCUT2D eigenvalue weighted by Gasteiger charge is 2.31. The number of aryl methyl sites for hydroxylation is 2. The molecule has 1 amide bonds. The first kappa shape index (κ1) is 16.7. The number of carbonyl (C=O) groups excluding carboxylic acids is 1. The van der Waals surface area contributed by atoms with Gasteiger partial charge in [0, 0.05) is 45.0 Å². The molecule has 130 valence electrons. The van der Waals surface area contributed by atoms with Gasteiger partial charge in [-0.05, 0) is 19.9 Å². The van der Waals surface area contributed by atoms with Crippen molar-refractivity contribution < 1.29 is 14.1 Å². The van der Waals surface area contributed by atoms with Crippen LogP contribution in [0, 0.1) is 13.8 Å². The third-order valence-electron chi connectivity index (χ3n) is 4.34. The standard InChI is InChI=1S/C16H23N5O3/c1-11-14(12(2)24-19-11)9-20-8-13-4-5-18-21(13)15(10-20)16(22)17-6-7-23-3/h4-5,15H,6-10H2,1-3H3,(H,17,22). The summed E-state index contributed by atoms with van der Waals surface area (Å²) in [4.78, 5) is 14.8. The van der Waals surface area contributed by atoms with E-state index in [0.717, 1.165) is 29.3 Å². The maximum absolute atomic E-state index is 12.5. The molecule has 0 saturated carbocycles. The number of aromatic nitrogens is 3.